The van der Waals surface area contributed by atoms with Crippen LogP contribution in [0.4, 0.5) is 0 Å². The highest BCUT2D eigenvalue weighted by molar-refractivity contribution is 7.90. The van der Waals surface area contributed by atoms with Gasteiger partial charge in [-0.2, -0.15) is 0 Å². The van der Waals surface area contributed by atoms with Crippen molar-refractivity contribution in [3.05, 3.63) is 29.8 Å². The van der Waals surface area contributed by atoms with Crippen molar-refractivity contribution in [1.29, 1.82) is 0 Å². The Balaban J connectivity index is 2.19. The average molecular weight is 267 g/mol. The molecule has 0 saturated carbocycles. The number of benzene rings is 1. The molecule has 4 heteroatoms. The molecule has 0 saturated heterocycles. The third-order valence-corrected chi connectivity index (χ3v) is 4.61. The number of para-hydroxylation sites is 1. The van der Waals surface area contributed by atoms with Gasteiger partial charge in [-0.1, -0.05) is 18.2 Å². The molecule has 1 heterocycles. The Labute approximate surface area is 112 Å². The maximum atomic E-state index is 12.2. The highest BCUT2D eigenvalue weighted by Crippen LogP contribution is 2.35. The lowest BCUT2D eigenvalue weighted by Gasteiger charge is -2.33. The molecule has 0 amide bonds. The van der Waals surface area contributed by atoms with Gasteiger partial charge in [-0.25, -0.2) is 0 Å². The van der Waals surface area contributed by atoms with E-state index in [0.29, 0.717) is 0 Å². The van der Waals surface area contributed by atoms with Crippen molar-refractivity contribution >= 4 is 11.4 Å². The van der Waals surface area contributed by atoms with E-state index in [9.17, 15) is 4.55 Å². The molecule has 3 nitrogen and oxygen atoms in total. The minimum atomic E-state index is -1.06. The number of rotatable bonds is 2. The van der Waals surface area contributed by atoms with Crippen LogP contribution in [0.2, 0.25) is 0 Å². The first-order valence-electron chi connectivity index (χ1n) is 6.31. The Morgan fingerprint density at radius 1 is 1.33 bits per heavy atom. The van der Waals surface area contributed by atoms with Crippen molar-refractivity contribution in [2.24, 2.45) is 0 Å². The summed E-state index contributed by atoms with van der Waals surface area (Å²) in [6.45, 7) is 7.98. The van der Waals surface area contributed by atoms with E-state index >= 15 is 0 Å². The molecule has 2 rings (SSSR count). The van der Waals surface area contributed by atoms with Crippen LogP contribution in [-0.4, -0.2) is 15.4 Å². The molecule has 0 radical (unpaired) electrons. The van der Waals surface area contributed by atoms with Crippen LogP contribution in [0.5, 0.6) is 5.75 Å². The Kier molecular flexibility index (Phi) is 3.90. The molecule has 1 aromatic rings. The van der Waals surface area contributed by atoms with E-state index in [2.05, 4.69) is 4.72 Å². The maximum Gasteiger partial charge on any atom is 0.136 e. The molecule has 100 valence electrons. The van der Waals surface area contributed by atoms with E-state index in [1.807, 2.05) is 52.0 Å². The van der Waals surface area contributed by atoms with Gasteiger partial charge in [-0.15, -0.1) is 4.72 Å². The fourth-order valence-corrected chi connectivity index (χ4v) is 2.85. The van der Waals surface area contributed by atoms with Gasteiger partial charge in [-0.3, -0.25) is 0 Å². The third kappa shape index (κ3) is 2.99. The number of nitrogens with one attached hydrogen (secondary N) is 1. The fourth-order valence-electron chi connectivity index (χ4n) is 2.02. The summed E-state index contributed by atoms with van der Waals surface area (Å²) in [6, 6.07) is 8.07. The quantitative estimate of drug-likeness (QED) is 0.838. The first-order chi connectivity index (χ1) is 8.38. The van der Waals surface area contributed by atoms with Gasteiger partial charge in [0.15, 0.2) is 0 Å². The number of ether oxygens (including phenoxy) is 1. The summed E-state index contributed by atoms with van der Waals surface area (Å²) in [6.07, 6.45) is 0.994. The summed E-state index contributed by atoms with van der Waals surface area (Å²) < 4.78 is 21.0. The molecule has 0 spiro atoms. The van der Waals surface area contributed by atoms with Gasteiger partial charge in [0.05, 0.1) is 12.1 Å². The molecule has 0 aliphatic carbocycles. The van der Waals surface area contributed by atoms with Crippen LogP contribution in [0.1, 0.15) is 45.7 Å². The van der Waals surface area contributed by atoms with Crippen molar-refractivity contribution in [1.82, 2.24) is 4.72 Å². The number of fused-ring (bicyclic) bond motifs is 1. The predicted octanol–water partition coefficient (Wildman–Crippen LogP) is 2.95. The summed E-state index contributed by atoms with van der Waals surface area (Å²) in [5.74, 6) is 0.902. The van der Waals surface area contributed by atoms with Gasteiger partial charge < -0.3 is 9.29 Å². The van der Waals surface area contributed by atoms with Crippen LogP contribution in [0.25, 0.3) is 0 Å². The van der Waals surface area contributed by atoms with Crippen molar-refractivity contribution in [2.75, 3.05) is 0 Å². The molecule has 3 atom stereocenters. The summed E-state index contributed by atoms with van der Waals surface area (Å²) in [7, 11) is 0. The Morgan fingerprint density at radius 2 is 2.00 bits per heavy atom. The SMILES string of the molecule is C[C@H]1C[C@@H](N[S@+]([O-])C(C)(C)C)c2ccccc2O1. The second-order valence-corrected chi connectivity index (χ2v) is 7.75. The lowest BCUT2D eigenvalue weighted by molar-refractivity contribution is 0.173. The molecule has 0 aromatic heterocycles. The third-order valence-electron chi connectivity index (χ3n) is 3.00. The van der Waals surface area contributed by atoms with E-state index in [4.69, 9.17) is 4.74 Å². The predicted molar refractivity (Wildman–Crippen MR) is 74.9 cm³/mol. The monoisotopic (exact) mass is 267 g/mol. The molecule has 1 N–H and O–H groups in total. The van der Waals surface area contributed by atoms with Gasteiger partial charge in [0.25, 0.3) is 0 Å². The molecule has 0 fully saturated rings. The van der Waals surface area contributed by atoms with Crippen LogP contribution in [0.3, 0.4) is 0 Å². The van der Waals surface area contributed by atoms with Crippen LogP contribution in [-0.2, 0) is 11.4 Å². The van der Waals surface area contributed by atoms with Gasteiger partial charge in [0.2, 0.25) is 0 Å². The molecule has 18 heavy (non-hydrogen) atoms. The molecule has 1 aliphatic rings. The summed E-state index contributed by atoms with van der Waals surface area (Å²) in [5.41, 5.74) is 1.10. The summed E-state index contributed by atoms with van der Waals surface area (Å²) in [5, 5.41) is 0. The highest BCUT2D eigenvalue weighted by Gasteiger charge is 2.33. The van der Waals surface area contributed by atoms with Crippen molar-refractivity contribution < 1.29 is 9.29 Å². The van der Waals surface area contributed by atoms with Crippen molar-refractivity contribution in [2.45, 2.75) is 51.0 Å². The van der Waals surface area contributed by atoms with Crippen LogP contribution in [0.15, 0.2) is 24.3 Å². The fraction of sp³-hybridized carbons (Fsp3) is 0.571. The summed E-state index contributed by atoms with van der Waals surface area (Å²) in [4.78, 5) is 0. The van der Waals surface area contributed by atoms with Crippen LogP contribution >= 0.6 is 0 Å². The lowest BCUT2D eigenvalue weighted by atomic mass is 9.98. The van der Waals surface area contributed by atoms with Crippen molar-refractivity contribution in [3.63, 3.8) is 0 Å². The minimum Gasteiger partial charge on any atom is -0.598 e. The number of hydrogen-bond donors (Lipinski definition) is 1. The Hall–Kier alpha value is -0.710. The zero-order chi connectivity index (χ0) is 13.3. The summed E-state index contributed by atoms with van der Waals surface area (Å²) >= 11 is -1.06. The Bertz CT molecular complexity index is 417. The van der Waals surface area contributed by atoms with Gasteiger partial charge in [-0.05, 0) is 33.8 Å². The largest absolute Gasteiger partial charge is 0.598 e. The smallest absolute Gasteiger partial charge is 0.136 e. The second-order valence-electron chi connectivity index (χ2n) is 5.75. The van der Waals surface area contributed by atoms with Gasteiger partial charge in [0.1, 0.15) is 10.5 Å². The van der Waals surface area contributed by atoms with E-state index in [-0.39, 0.29) is 16.9 Å². The standard InChI is InChI=1S/C14H21NO2S/c1-10-9-12(15-18(16)14(2,3)4)11-7-5-6-8-13(11)17-10/h5-8,10,12,15H,9H2,1-4H3/t10-,12+,18+/m0/s1. The molecule has 0 unspecified atom stereocenters. The van der Waals surface area contributed by atoms with Gasteiger partial charge >= 0.3 is 0 Å². The molecule has 1 aliphatic heterocycles. The first kappa shape index (κ1) is 13.7. The topological polar surface area (TPSA) is 44.3 Å². The molecular formula is C14H21NO2S. The van der Waals surface area contributed by atoms with E-state index < -0.39 is 11.4 Å². The zero-order valence-corrected chi connectivity index (χ0v) is 12.2. The van der Waals surface area contributed by atoms with Gasteiger partial charge in [0, 0.05) is 23.3 Å². The van der Waals surface area contributed by atoms with E-state index in [1.54, 1.807) is 0 Å². The highest BCUT2D eigenvalue weighted by atomic mass is 32.2. The Morgan fingerprint density at radius 3 is 2.67 bits per heavy atom. The molecule has 0 bridgehead atoms. The maximum absolute atomic E-state index is 12.2. The molecule has 1 aromatic carbocycles. The normalized spacial score (nSPS) is 25.2. The van der Waals surface area contributed by atoms with Crippen LogP contribution in [0, 0.1) is 0 Å². The van der Waals surface area contributed by atoms with Crippen LogP contribution < -0.4 is 9.46 Å². The van der Waals surface area contributed by atoms with E-state index in [1.165, 1.54) is 0 Å². The number of hydrogen-bond acceptors (Lipinski definition) is 3. The first-order valence-corrected chi connectivity index (χ1v) is 7.46. The second kappa shape index (κ2) is 5.11. The zero-order valence-electron chi connectivity index (χ0n) is 11.4. The average Bonchev–Trinajstić information content (AvgIpc) is 2.27. The van der Waals surface area contributed by atoms with Crippen molar-refractivity contribution in [3.8, 4) is 5.75 Å². The van der Waals surface area contributed by atoms with E-state index in [0.717, 1.165) is 17.7 Å². The minimum absolute atomic E-state index is 0.102. The molecular weight excluding hydrogens is 246 g/mol. The lowest BCUT2D eigenvalue weighted by Crippen LogP contribution is -2.43.